The summed E-state index contributed by atoms with van der Waals surface area (Å²) in [5, 5.41) is -0.990. The van der Waals surface area contributed by atoms with Crippen molar-refractivity contribution < 1.29 is 13.0 Å². The topological polar surface area (TPSA) is 57.6 Å². The van der Waals surface area contributed by atoms with E-state index in [1.165, 1.54) is 5.56 Å². The Kier molecular flexibility index (Phi) is 4.90. The number of hydrogen-bond acceptors (Lipinski definition) is 4. The lowest BCUT2D eigenvalue weighted by Gasteiger charge is -2.37. The van der Waals surface area contributed by atoms with E-state index in [4.69, 9.17) is 0 Å². The van der Waals surface area contributed by atoms with Crippen LogP contribution in [0.3, 0.4) is 0 Å². The third kappa shape index (κ3) is 3.18. The monoisotopic (exact) mass is 363 g/mol. The number of para-hydroxylation sites is 1. The maximum Gasteiger partial charge on any atom is 0.286 e. The second-order valence-corrected chi connectivity index (χ2v) is 8.53. The summed E-state index contributed by atoms with van der Waals surface area (Å²) in [5.41, 5.74) is 2.90. The Morgan fingerprint density at radius 2 is 1.79 bits per heavy atom. The summed E-state index contributed by atoms with van der Waals surface area (Å²) < 4.78 is 33.7. The Bertz CT molecular complexity index is 849. The summed E-state index contributed by atoms with van der Waals surface area (Å²) in [6, 6.07) is 13.9. The first kappa shape index (κ1) is 17.3. The van der Waals surface area contributed by atoms with Gasteiger partial charge in [-0.2, -0.15) is 8.42 Å². The van der Waals surface area contributed by atoms with Crippen LogP contribution in [0.1, 0.15) is 32.3 Å². The maximum atomic E-state index is 12.0. The smallest absolute Gasteiger partial charge is 0.286 e. The van der Waals surface area contributed by atoms with Gasteiger partial charge in [-0.05, 0) is 42.7 Å². The van der Waals surface area contributed by atoms with Gasteiger partial charge in [0.25, 0.3) is 10.1 Å². The van der Waals surface area contributed by atoms with E-state index in [9.17, 15) is 13.0 Å². The van der Waals surface area contributed by atoms with Crippen molar-refractivity contribution in [2.45, 2.75) is 48.3 Å². The third-order valence-corrected chi connectivity index (χ3v) is 6.49. The third-order valence-electron chi connectivity index (χ3n) is 4.15. The number of aryl methyl sites for hydroxylation is 1. The van der Waals surface area contributed by atoms with E-state index in [2.05, 4.69) is 13.0 Å². The Morgan fingerprint density at radius 1 is 1.08 bits per heavy atom. The lowest BCUT2D eigenvalue weighted by atomic mass is 10.1. The van der Waals surface area contributed by atoms with Gasteiger partial charge in [0.15, 0.2) is 5.37 Å². The van der Waals surface area contributed by atoms with E-state index in [0.29, 0.717) is 6.42 Å². The fraction of sp³-hybridized carbons (Fsp3) is 0.333. The van der Waals surface area contributed by atoms with Crippen molar-refractivity contribution >= 4 is 33.3 Å². The van der Waals surface area contributed by atoms with E-state index >= 15 is 0 Å². The van der Waals surface area contributed by atoms with Gasteiger partial charge in [0.1, 0.15) is 0 Å². The van der Waals surface area contributed by atoms with Crippen LogP contribution in [0.15, 0.2) is 52.3 Å². The standard InChI is InChI=1S/C18H21NO3S2/c1-3-7-13-10-11-15-17(12-13)23-16-9-6-5-8-14(16)19(15)18(4-2)24(20,21)22/h5-6,8-12,18H,3-4,7H2,1-2H3,(H,20,21,22). The molecule has 2 aromatic rings. The molecule has 1 aliphatic rings. The van der Waals surface area contributed by atoms with Gasteiger partial charge >= 0.3 is 0 Å². The molecule has 3 rings (SSSR count). The molecule has 1 aliphatic heterocycles. The molecule has 0 aliphatic carbocycles. The van der Waals surface area contributed by atoms with Crippen LogP contribution in [-0.4, -0.2) is 18.3 Å². The second kappa shape index (κ2) is 6.78. The molecular weight excluding hydrogens is 342 g/mol. The van der Waals surface area contributed by atoms with Crippen molar-refractivity contribution in [3.05, 3.63) is 48.0 Å². The minimum atomic E-state index is -4.20. The summed E-state index contributed by atoms with van der Waals surface area (Å²) in [4.78, 5) is 3.79. The first-order chi connectivity index (χ1) is 11.5. The first-order valence-corrected chi connectivity index (χ1v) is 10.4. The molecule has 1 atom stereocenters. The Hall–Kier alpha value is -1.50. The van der Waals surface area contributed by atoms with Crippen molar-refractivity contribution in [1.82, 2.24) is 0 Å². The lowest BCUT2D eigenvalue weighted by molar-refractivity contribution is 0.464. The zero-order chi connectivity index (χ0) is 17.3. The summed E-state index contributed by atoms with van der Waals surface area (Å²) in [5.74, 6) is 0. The summed E-state index contributed by atoms with van der Waals surface area (Å²) in [7, 11) is -4.20. The van der Waals surface area contributed by atoms with E-state index in [1.807, 2.05) is 36.4 Å². The molecule has 0 fully saturated rings. The van der Waals surface area contributed by atoms with Crippen LogP contribution in [0.5, 0.6) is 0 Å². The quantitative estimate of drug-likeness (QED) is 0.768. The first-order valence-electron chi connectivity index (χ1n) is 8.11. The Labute approximate surface area is 147 Å². The van der Waals surface area contributed by atoms with Crippen LogP contribution in [0.25, 0.3) is 0 Å². The van der Waals surface area contributed by atoms with Gasteiger partial charge in [-0.25, -0.2) is 0 Å². The highest BCUT2D eigenvalue weighted by molar-refractivity contribution is 7.99. The van der Waals surface area contributed by atoms with Crippen LogP contribution in [0.4, 0.5) is 11.4 Å². The molecule has 0 bridgehead atoms. The highest BCUT2D eigenvalue weighted by atomic mass is 32.2. The molecule has 0 radical (unpaired) electrons. The lowest BCUT2D eigenvalue weighted by Crippen LogP contribution is -2.38. The van der Waals surface area contributed by atoms with E-state index < -0.39 is 15.5 Å². The van der Waals surface area contributed by atoms with Crippen LogP contribution in [0.2, 0.25) is 0 Å². The molecule has 0 aromatic heterocycles. The van der Waals surface area contributed by atoms with Gasteiger partial charge < -0.3 is 4.90 Å². The molecule has 2 aromatic carbocycles. The molecule has 1 N–H and O–H groups in total. The molecule has 128 valence electrons. The molecule has 1 heterocycles. The molecule has 1 unspecified atom stereocenters. The van der Waals surface area contributed by atoms with Crippen molar-refractivity contribution in [1.29, 1.82) is 0 Å². The van der Waals surface area contributed by atoms with Gasteiger partial charge in [-0.3, -0.25) is 4.55 Å². The van der Waals surface area contributed by atoms with Crippen LogP contribution < -0.4 is 4.90 Å². The van der Waals surface area contributed by atoms with Gasteiger partial charge in [0.05, 0.1) is 11.4 Å². The van der Waals surface area contributed by atoms with Crippen LogP contribution >= 0.6 is 11.8 Å². The number of hydrogen-bond donors (Lipinski definition) is 1. The van der Waals surface area contributed by atoms with Crippen molar-refractivity contribution in [2.24, 2.45) is 0 Å². The highest BCUT2D eigenvalue weighted by Crippen LogP contribution is 2.50. The van der Waals surface area contributed by atoms with Crippen molar-refractivity contribution in [2.75, 3.05) is 4.90 Å². The molecule has 0 amide bonds. The normalized spacial score (nSPS) is 14.9. The predicted octanol–water partition coefficient (Wildman–Crippen LogP) is 4.87. The maximum absolute atomic E-state index is 12.0. The summed E-state index contributed by atoms with van der Waals surface area (Å²) in [6.45, 7) is 3.91. The highest BCUT2D eigenvalue weighted by Gasteiger charge is 2.35. The fourth-order valence-electron chi connectivity index (χ4n) is 3.11. The number of nitrogens with zero attached hydrogens (tertiary/aromatic N) is 1. The van der Waals surface area contributed by atoms with Crippen molar-refractivity contribution in [3.63, 3.8) is 0 Å². The fourth-order valence-corrected chi connectivity index (χ4v) is 5.16. The zero-order valence-corrected chi connectivity index (χ0v) is 15.4. The average Bonchev–Trinajstić information content (AvgIpc) is 2.53. The van der Waals surface area contributed by atoms with Gasteiger partial charge in [-0.15, -0.1) is 0 Å². The Balaban J connectivity index is 2.18. The van der Waals surface area contributed by atoms with E-state index in [0.717, 1.165) is 34.0 Å². The second-order valence-electron chi connectivity index (χ2n) is 5.87. The average molecular weight is 364 g/mol. The number of rotatable bonds is 5. The van der Waals surface area contributed by atoms with Crippen molar-refractivity contribution in [3.8, 4) is 0 Å². The molecule has 0 saturated carbocycles. The molecule has 24 heavy (non-hydrogen) atoms. The Morgan fingerprint density at radius 3 is 2.46 bits per heavy atom. The SMILES string of the molecule is CCCc1ccc2c(c1)Sc1ccccc1N2C(CC)S(=O)(=O)O. The zero-order valence-electron chi connectivity index (χ0n) is 13.8. The molecule has 6 heteroatoms. The van der Waals surface area contributed by atoms with Crippen LogP contribution in [-0.2, 0) is 16.5 Å². The molecular formula is C18H21NO3S2. The molecule has 0 saturated heterocycles. The van der Waals surface area contributed by atoms with Gasteiger partial charge in [-0.1, -0.05) is 50.2 Å². The minimum absolute atomic E-state index is 0.300. The predicted molar refractivity (Wildman–Crippen MR) is 98.8 cm³/mol. The van der Waals surface area contributed by atoms with Gasteiger partial charge in [0.2, 0.25) is 0 Å². The number of benzene rings is 2. The van der Waals surface area contributed by atoms with E-state index in [1.54, 1.807) is 23.6 Å². The number of fused-ring (bicyclic) bond motifs is 2. The van der Waals surface area contributed by atoms with E-state index in [-0.39, 0.29) is 0 Å². The summed E-state index contributed by atoms with van der Waals surface area (Å²) >= 11 is 1.65. The van der Waals surface area contributed by atoms with Crippen LogP contribution in [0, 0.1) is 0 Å². The molecule has 0 spiro atoms. The van der Waals surface area contributed by atoms with Gasteiger partial charge in [0, 0.05) is 9.79 Å². The number of anilines is 2. The minimum Gasteiger partial charge on any atom is -0.320 e. The molecule has 4 nitrogen and oxygen atoms in total. The summed E-state index contributed by atoms with van der Waals surface area (Å²) in [6.07, 6.45) is 2.35. The largest absolute Gasteiger partial charge is 0.320 e.